The highest BCUT2D eigenvalue weighted by atomic mass is 16.4. The fourth-order valence-corrected chi connectivity index (χ4v) is 2.07. The van der Waals surface area contributed by atoms with E-state index in [1.807, 2.05) is 13.8 Å². The smallest absolute Gasteiger partial charge is 0.409 e. The lowest BCUT2D eigenvalue weighted by Gasteiger charge is -2.18. The van der Waals surface area contributed by atoms with Gasteiger partial charge >= 0.3 is 12.2 Å². The summed E-state index contributed by atoms with van der Waals surface area (Å²) in [5.41, 5.74) is 1.64. The summed E-state index contributed by atoms with van der Waals surface area (Å²) in [6.07, 6.45) is -0.580. The van der Waals surface area contributed by atoms with Crippen LogP contribution in [0.4, 0.5) is 21.0 Å². The van der Waals surface area contributed by atoms with Crippen LogP contribution >= 0.6 is 0 Å². The summed E-state index contributed by atoms with van der Waals surface area (Å²) in [7, 11) is 0. The molecule has 0 saturated carbocycles. The number of amides is 2. The third-order valence-electron chi connectivity index (χ3n) is 2.97. The predicted octanol–water partition coefficient (Wildman–Crippen LogP) is 3.77. The molecule has 0 fully saturated rings. The molecule has 0 aromatic heterocycles. The maximum Gasteiger partial charge on any atom is 0.409 e. The number of carbonyl (C=O) groups is 2. The van der Waals surface area contributed by atoms with Crippen molar-refractivity contribution in [3.8, 4) is 0 Å². The van der Waals surface area contributed by atoms with Crippen LogP contribution in [-0.2, 0) is 0 Å². The molecule has 2 amide bonds. The third-order valence-corrected chi connectivity index (χ3v) is 2.97. The van der Waals surface area contributed by atoms with E-state index in [4.69, 9.17) is 10.2 Å². The van der Waals surface area contributed by atoms with Gasteiger partial charge in [0.15, 0.2) is 0 Å². The van der Waals surface area contributed by atoms with E-state index in [2.05, 4.69) is 10.6 Å². The zero-order valence-corrected chi connectivity index (χ0v) is 10.9. The largest absolute Gasteiger partial charge is 0.465 e. The molecule has 19 heavy (non-hydrogen) atoms. The molecule has 0 radical (unpaired) electrons. The van der Waals surface area contributed by atoms with Crippen molar-refractivity contribution in [3.05, 3.63) is 23.8 Å². The molecule has 0 bridgehead atoms. The molecule has 104 valence electrons. The molecule has 0 aliphatic rings. The highest BCUT2D eigenvalue weighted by molar-refractivity contribution is 5.88. The van der Waals surface area contributed by atoms with Crippen molar-refractivity contribution in [3.63, 3.8) is 0 Å². The van der Waals surface area contributed by atoms with Gasteiger partial charge in [-0.2, -0.15) is 0 Å². The second-order valence-electron chi connectivity index (χ2n) is 4.18. The molecule has 1 rings (SSSR count). The average molecular weight is 266 g/mol. The zero-order chi connectivity index (χ0) is 14.4. The number of benzene rings is 1. The van der Waals surface area contributed by atoms with Gasteiger partial charge in [0.1, 0.15) is 0 Å². The number of anilines is 2. The van der Waals surface area contributed by atoms with Crippen molar-refractivity contribution in [2.24, 2.45) is 0 Å². The first-order valence-electron chi connectivity index (χ1n) is 6.11. The molecule has 1 aromatic rings. The molecule has 0 spiro atoms. The highest BCUT2D eigenvalue weighted by Gasteiger charge is 2.14. The van der Waals surface area contributed by atoms with Crippen LogP contribution in [0.2, 0.25) is 0 Å². The molecule has 0 saturated heterocycles. The van der Waals surface area contributed by atoms with E-state index in [1.165, 1.54) is 6.07 Å². The Morgan fingerprint density at radius 2 is 1.68 bits per heavy atom. The molecule has 6 heteroatoms. The number of hydrogen-bond acceptors (Lipinski definition) is 2. The Balaban J connectivity index is 3.15. The standard InChI is InChI=1S/C13H18N2O4/c1-3-8(4-2)10-6-5-9(14-12(16)17)7-11(10)15-13(18)19/h5-8,14-15H,3-4H2,1-2H3,(H,16,17)(H,18,19). The van der Waals surface area contributed by atoms with Gasteiger partial charge in [0.05, 0.1) is 0 Å². The lowest BCUT2D eigenvalue weighted by atomic mass is 9.92. The van der Waals surface area contributed by atoms with E-state index in [1.54, 1.807) is 12.1 Å². The van der Waals surface area contributed by atoms with E-state index < -0.39 is 12.2 Å². The Kier molecular flexibility index (Phi) is 5.17. The van der Waals surface area contributed by atoms with Gasteiger partial charge in [-0.1, -0.05) is 19.9 Å². The van der Waals surface area contributed by atoms with Crippen molar-refractivity contribution < 1.29 is 19.8 Å². The maximum atomic E-state index is 10.8. The molecule has 4 N–H and O–H groups in total. The van der Waals surface area contributed by atoms with Crippen molar-refractivity contribution >= 4 is 23.6 Å². The van der Waals surface area contributed by atoms with Crippen molar-refractivity contribution in [1.82, 2.24) is 0 Å². The van der Waals surface area contributed by atoms with Crippen LogP contribution in [0, 0.1) is 0 Å². The molecular weight excluding hydrogens is 248 g/mol. The average Bonchev–Trinajstić information content (AvgIpc) is 2.31. The fourth-order valence-electron chi connectivity index (χ4n) is 2.07. The summed E-state index contributed by atoms with van der Waals surface area (Å²) in [4.78, 5) is 21.4. The normalized spacial score (nSPS) is 10.3. The Labute approximate surface area is 111 Å². The molecule has 6 nitrogen and oxygen atoms in total. The summed E-state index contributed by atoms with van der Waals surface area (Å²) in [5.74, 6) is 0.237. The quantitative estimate of drug-likeness (QED) is 0.651. The first kappa shape index (κ1) is 14.8. The van der Waals surface area contributed by atoms with Gasteiger partial charge in [-0.3, -0.25) is 10.6 Å². The van der Waals surface area contributed by atoms with Gasteiger partial charge in [0, 0.05) is 11.4 Å². The van der Waals surface area contributed by atoms with E-state index >= 15 is 0 Å². The Hall–Kier alpha value is -2.24. The number of rotatable bonds is 5. The lowest BCUT2D eigenvalue weighted by molar-refractivity contribution is 0.208. The minimum atomic E-state index is -1.18. The van der Waals surface area contributed by atoms with Gasteiger partial charge in [-0.25, -0.2) is 9.59 Å². The van der Waals surface area contributed by atoms with Crippen LogP contribution in [0.15, 0.2) is 18.2 Å². The molecule has 0 aliphatic carbocycles. The molecular formula is C13H18N2O4. The highest BCUT2D eigenvalue weighted by Crippen LogP contribution is 2.31. The predicted molar refractivity (Wildman–Crippen MR) is 73.1 cm³/mol. The van der Waals surface area contributed by atoms with Gasteiger partial charge < -0.3 is 10.2 Å². The van der Waals surface area contributed by atoms with E-state index in [0.717, 1.165) is 18.4 Å². The summed E-state index contributed by atoms with van der Waals surface area (Å²) >= 11 is 0. The Morgan fingerprint density at radius 3 is 2.16 bits per heavy atom. The molecule has 0 atom stereocenters. The van der Waals surface area contributed by atoms with Crippen molar-refractivity contribution in [1.29, 1.82) is 0 Å². The summed E-state index contributed by atoms with van der Waals surface area (Å²) in [6.45, 7) is 4.06. The molecule has 0 heterocycles. The molecule has 1 aromatic carbocycles. The van der Waals surface area contributed by atoms with Gasteiger partial charge in [-0.15, -0.1) is 0 Å². The van der Waals surface area contributed by atoms with Gasteiger partial charge in [0.25, 0.3) is 0 Å². The summed E-state index contributed by atoms with van der Waals surface area (Å²) in [5, 5.41) is 22.0. The van der Waals surface area contributed by atoms with E-state index in [9.17, 15) is 9.59 Å². The molecule has 0 unspecified atom stereocenters. The Morgan fingerprint density at radius 1 is 1.11 bits per heavy atom. The minimum absolute atomic E-state index is 0.237. The summed E-state index contributed by atoms with van der Waals surface area (Å²) in [6, 6.07) is 4.89. The fraction of sp³-hybridized carbons (Fsp3) is 0.385. The second-order valence-corrected chi connectivity index (χ2v) is 4.18. The van der Waals surface area contributed by atoms with E-state index in [0.29, 0.717) is 11.4 Å². The zero-order valence-electron chi connectivity index (χ0n) is 10.9. The van der Waals surface area contributed by atoms with Crippen LogP contribution in [0.5, 0.6) is 0 Å². The third kappa shape index (κ3) is 4.17. The first-order chi connectivity index (χ1) is 8.97. The number of hydrogen-bond donors (Lipinski definition) is 4. The SMILES string of the molecule is CCC(CC)c1ccc(NC(=O)O)cc1NC(=O)O. The number of nitrogens with one attached hydrogen (secondary N) is 2. The van der Waals surface area contributed by atoms with Crippen LogP contribution in [0.25, 0.3) is 0 Å². The van der Waals surface area contributed by atoms with Crippen LogP contribution in [0.1, 0.15) is 38.2 Å². The van der Waals surface area contributed by atoms with Crippen molar-refractivity contribution in [2.45, 2.75) is 32.6 Å². The summed E-state index contributed by atoms with van der Waals surface area (Å²) < 4.78 is 0. The maximum absolute atomic E-state index is 10.8. The number of carboxylic acid groups (broad SMARTS) is 2. The second kappa shape index (κ2) is 6.63. The van der Waals surface area contributed by atoms with Gasteiger partial charge in [0.2, 0.25) is 0 Å². The van der Waals surface area contributed by atoms with Gasteiger partial charge in [-0.05, 0) is 36.5 Å². The van der Waals surface area contributed by atoms with Crippen LogP contribution in [-0.4, -0.2) is 22.4 Å². The van der Waals surface area contributed by atoms with Crippen LogP contribution < -0.4 is 10.6 Å². The Bertz CT molecular complexity index is 470. The minimum Gasteiger partial charge on any atom is -0.465 e. The molecule has 0 aliphatic heterocycles. The first-order valence-corrected chi connectivity index (χ1v) is 6.11. The van der Waals surface area contributed by atoms with Crippen LogP contribution in [0.3, 0.4) is 0 Å². The monoisotopic (exact) mass is 266 g/mol. The lowest BCUT2D eigenvalue weighted by Crippen LogP contribution is -2.13. The topological polar surface area (TPSA) is 98.7 Å². The van der Waals surface area contributed by atoms with E-state index in [-0.39, 0.29) is 5.92 Å². The van der Waals surface area contributed by atoms with Crippen molar-refractivity contribution in [2.75, 3.05) is 10.6 Å².